The third-order valence-electron chi connectivity index (χ3n) is 6.55. The normalized spacial score (nSPS) is 14.8. The lowest BCUT2D eigenvalue weighted by atomic mass is 9.88. The van der Waals surface area contributed by atoms with Crippen molar-refractivity contribution in [3.63, 3.8) is 0 Å². The van der Waals surface area contributed by atoms with E-state index in [-0.39, 0.29) is 40.6 Å². The molecule has 0 unspecified atom stereocenters. The summed E-state index contributed by atoms with van der Waals surface area (Å²) >= 11 is 5.99. The predicted octanol–water partition coefficient (Wildman–Crippen LogP) is 4.10. The highest BCUT2D eigenvalue weighted by Crippen LogP contribution is 2.32. The second kappa shape index (κ2) is 11.0. The Bertz CT molecular complexity index is 1590. The molecule has 3 aromatic carbocycles. The molecule has 1 aliphatic heterocycles. The van der Waals surface area contributed by atoms with Crippen LogP contribution in [-0.4, -0.2) is 54.4 Å². The molecule has 0 spiro atoms. The van der Waals surface area contributed by atoms with Gasteiger partial charge in [-0.15, -0.1) is 5.10 Å². The van der Waals surface area contributed by atoms with Gasteiger partial charge in [0.1, 0.15) is 12.4 Å². The number of ketones is 1. The van der Waals surface area contributed by atoms with E-state index in [2.05, 4.69) is 15.5 Å². The number of benzene rings is 3. The van der Waals surface area contributed by atoms with Crippen LogP contribution in [0.3, 0.4) is 0 Å². The van der Waals surface area contributed by atoms with Crippen LogP contribution in [0, 0.1) is 5.82 Å². The van der Waals surface area contributed by atoms with Crippen LogP contribution in [0.5, 0.6) is 0 Å². The molecule has 39 heavy (non-hydrogen) atoms. The molecule has 1 atom stereocenters. The van der Waals surface area contributed by atoms with Crippen LogP contribution < -0.4 is 0 Å². The van der Waals surface area contributed by atoms with Crippen molar-refractivity contribution in [1.29, 1.82) is 0 Å². The van der Waals surface area contributed by atoms with Crippen LogP contribution in [0.1, 0.15) is 38.7 Å². The first-order valence-electron chi connectivity index (χ1n) is 12.0. The van der Waals surface area contributed by atoms with Gasteiger partial charge in [-0.1, -0.05) is 48.0 Å². The summed E-state index contributed by atoms with van der Waals surface area (Å²) in [4.78, 5) is 39.7. The largest absolute Gasteiger partial charge is 0.478 e. The molecule has 5 rings (SSSR count). The molecule has 0 aliphatic carbocycles. The number of aromatic nitrogens is 4. The first kappa shape index (κ1) is 25.9. The maximum Gasteiger partial charge on any atom is 0.335 e. The van der Waals surface area contributed by atoms with Crippen LogP contribution in [0.25, 0.3) is 11.8 Å². The average Bonchev–Trinajstić information content (AvgIpc) is 3.48. The first-order valence-corrected chi connectivity index (χ1v) is 12.3. The summed E-state index contributed by atoms with van der Waals surface area (Å²) in [5, 5.41) is 19.9. The molecular formula is C28H21ClFN5O4. The van der Waals surface area contributed by atoms with Crippen molar-refractivity contribution in [2.45, 2.75) is 18.9 Å². The molecule has 0 bridgehead atoms. The number of tetrazole rings is 1. The van der Waals surface area contributed by atoms with Gasteiger partial charge in [-0.05, 0) is 63.9 Å². The Morgan fingerprint density at radius 2 is 1.85 bits per heavy atom. The van der Waals surface area contributed by atoms with Gasteiger partial charge in [0.15, 0.2) is 11.6 Å². The molecule has 4 aromatic rings. The fraction of sp³-hybridized carbons (Fsp3) is 0.143. The lowest BCUT2D eigenvalue weighted by molar-refractivity contribution is -0.136. The van der Waals surface area contributed by atoms with Gasteiger partial charge in [-0.3, -0.25) is 9.59 Å². The molecule has 1 N–H and O–H groups in total. The Hall–Kier alpha value is -4.70. The quantitative estimate of drug-likeness (QED) is 0.347. The van der Waals surface area contributed by atoms with E-state index in [0.29, 0.717) is 12.0 Å². The Morgan fingerprint density at radius 1 is 1.08 bits per heavy atom. The number of fused-ring (bicyclic) bond motifs is 1. The summed E-state index contributed by atoms with van der Waals surface area (Å²) in [7, 11) is 0. The fourth-order valence-corrected chi connectivity index (χ4v) is 4.82. The number of Topliss-reactive ketones (excluding diaryl/α,β-unsaturated/α-hetero) is 1. The number of hydrogen-bond acceptors (Lipinski definition) is 6. The highest BCUT2D eigenvalue weighted by atomic mass is 35.5. The van der Waals surface area contributed by atoms with E-state index in [1.54, 1.807) is 12.1 Å². The van der Waals surface area contributed by atoms with Crippen molar-refractivity contribution in [3.8, 4) is 5.69 Å². The van der Waals surface area contributed by atoms with E-state index in [1.165, 1.54) is 52.3 Å². The highest BCUT2D eigenvalue weighted by molar-refractivity contribution is 6.31. The number of carboxylic acid groups (broad SMARTS) is 1. The van der Waals surface area contributed by atoms with Crippen molar-refractivity contribution in [1.82, 2.24) is 25.1 Å². The Labute approximate surface area is 227 Å². The summed E-state index contributed by atoms with van der Waals surface area (Å²) in [5.41, 5.74) is 2.73. The number of nitrogens with zero attached hydrogens (tertiary/aromatic N) is 5. The molecule has 196 valence electrons. The number of amides is 1. The third kappa shape index (κ3) is 5.32. The van der Waals surface area contributed by atoms with Gasteiger partial charge < -0.3 is 10.0 Å². The van der Waals surface area contributed by atoms with Gasteiger partial charge in [0.25, 0.3) is 0 Å². The Kier molecular flexibility index (Phi) is 7.29. The first-order chi connectivity index (χ1) is 18.8. The lowest BCUT2D eigenvalue weighted by Crippen LogP contribution is -2.43. The molecule has 2 heterocycles. The SMILES string of the molecule is O=C(O)c1ccc(CC(=O)[C@@H]2c3ccccc3CCN2C(=O)/C=C/c2c(-n3cnnn3)ccc(Cl)c2F)cc1. The lowest BCUT2D eigenvalue weighted by Gasteiger charge is -2.36. The zero-order valence-corrected chi connectivity index (χ0v) is 21.1. The molecule has 1 aromatic heterocycles. The predicted molar refractivity (Wildman–Crippen MR) is 140 cm³/mol. The van der Waals surface area contributed by atoms with Gasteiger partial charge >= 0.3 is 5.97 Å². The molecular weight excluding hydrogens is 525 g/mol. The summed E-state index contributed by atoms with van der Waals surface area (Å²) in [6.45, 7) is 0.284. The number of carbonyl (C=O) groups is 3. The van der Waals surface area contributed by atoms with Gasteiger partial charge in [0, 0.05) is 24.6 Å². The van der Waals surface area contributed by atoms with Crippen LogP contribution in [-0.2, 0) is 22.4 Å². The molecule has 11 heteroatoms. The molecule has 0 saturated carbocycles. The summed E-state index contributed by atoms with van der Waals surface area (Å²) in [6.07, 6.45) is 4.35. The number of carboxylic acids is 1. The second-order valence-corrected chi connectivity index (χ2v) is 9.32. The van der Waals surface area contributed by atoms with Crippen molar-refractivity contribution >= 4 is 35.3 Å². The maximum absolute atomic E-state index is 15.0. The monoisotopic (exact) mass is 545 g/mol. The number of aromatic carboxylic acids is 1. The highest BCUT2D eigenvalue weighted by Gasteiger charge is 2.34. The van der Waals surface area contributed by atoms with Crippen molar-refractivity contribution in [2.24, 2.45) is 0 Å². The summed E-state index contributed by atoms with van der Waals surface area (Å²) in [6, 6.07) is 15.5. The Morgan fingerprint density at radius 3 is 2.56 bits per heavy atom. The number of hydrogen-bond donors (Lipinski definition) is 1. The fourth-order valence-electron chi connectivity index (χ4n) is 4.65. The molecule has 1 amide bonds. The van der Waals surface area contributed by atoms with Gasteiger partial charge in [0.2, 0.25) is 5.91 Å². The maximum atomic E-state index is 15.0. The molecule has 9 nitrogen and oxygen atoms in total. The molecule has 0 fully saturated rings. The number of rotatable bonds is 7. The molecule has 0 radical (unpaired) electrons. The van der Waals surface area contributed by atoms with Crippen LogP contribution in [0.15, 0.2) is 73.1 Å². The van der Waals surface area contributed by atoms with Gasteiger partial charge in [-0.25, -0.2) is 9.18 Å². The van der Waals surface area contributed by atoms with Crippen molar-refractivity contribution in [2.75, 3.05) is 6.54 Å². The second-order valence-electron chi connectivity index (χ2n) is 8.91. The van der Waals surface area contributed by atoms with E-state index in [0.717, 1.165) is 11.1 Å². The van der Waals surface area contributed by atoms with Gasteiger partial charge in [-0.2, -0.15) is 4.68 Å². The van der Waals surface area contributed by atoms with Gasteiger partial charge in [0.05, 0.1) is 16.3 Å². The van der Waals surface area contributed by atoms with E-state index < -0.39 is 23.7 Å². The minimum atomic E-state index is -1.06. The van der Waals surface area contributed by atoms with E-state index in [4.69, 9.17) is 16.7 Å². The van der Waals surface area contributed by atoms with E-state index in [1.807, 2.05) is 24.3 Å². The minimum Gasteiger partial charge on any atom is -0.478 e. The van der Waals surface area contributed by atoms with Crippen LogP contribution in [0.4, 0.5) is 4.39 Å². The smallest absolute Gasteiger partial charge is 0.335 e. The van der Waals surface area contributed by atoms with E-state index in [9.17, 15) is 18.8 Å². The Balaban J connectivity index is 1.45. The third-order valence-corrected chi connectivity index (χ3v) is 6.84. The zero-order chi connectivity index (χ0) is 27.5. The van der Waals surface area contributed by atoms with Crippen molar-refractivity contribution < 1.29 is 23.9 Å². The van der Waals surface area contributed by atoms with E-state index >= 15 is 0 Å². The molecule has 1 aliphatic rings. The number of carbonyl (C=O) groups excluding carboxylic acids is 2. The number of halogens is 2. The van der Waals surface area contributed by atoms with Crippen LogP contribution >= 0.6 is 11.6 Å². The minimum absolute atomic E-state index is 0.00123. The topological polar surface area (TPSA) is 118 Å². The standard InChI is InChI=1S/C28H21ClFN5O4/c29-22-10-11-23(35-16-31-32-33-35)21(26(22)30)9-12-25(37)34-14-13-18-3-1-2-4-20(18)27(34)24(36)15-17-5-7-19(8-6-17)28(38)39/h1-12,16,27H,13-15H2,(H,38,39)/b12-9+/t27-/m0/s1. The summed E-state index contributed by atoms with van der Waals surface area (Å²) in [5.74, 6) is -2.51. The van der Waals surface area contributed by atoms with Crippen LogP contribution in [0.2, 0.25) is 5.02 Å². The van der Waals surface area contributed by atoms with Crippen molar-refractivity contribution in [3.05, 3.63) is 112 Å². The summed E-state index contributed by atoms with van der Waals surface area (Å²) < 4.78 is 16.2. The zero-order valence-electron chi connectivity index (χ0n) is 20.4. The molecule has 0 saturated heterocycles. The average molecular weight is 546 g/mol.